The molecule has 8 atom stereocenters. The number of ketones is 2. The van der Waals surface area contributed by atoms with E-state index in [0.717, 1.165) is 92.4 Å². The van der Waals surface area contributed by atoms with Gasteiger partial charge in [-0.1, -0.05) is 96.1 Å². The first-order valence-electron chi connectivity index (χ1n) is 26.4. The molecule has 0 radical (unpaired) electrons. The van der Waals surface area contributed by atoms with Crippen LogP contribution < -0.4 is 15.2 Å². The first-order chi connectivity index (χ1) is 36.0. The van der Waals surface area contributed by atoms with Crippen molar-refractivity contribution in [1.82, 2.24) is 14.8 Å². The molecule has 3 fully saturated rings. The first-order valence-corrected chi connectivity index (χ1v) is 35.4. The van der Waals surface area contributed by atoms with E-state index in [0.29, 0.717) is 39.3 Å². The quantitative estimate of drug-likeness (QED) is 0.0602. The average Bonchev–Trinajstić information content (AvgIpc) is 4.05. The number of hydrogen-bond acceptors (Lipinski definition) is 12. The number of pyridine rings is 1. The van der Waals surface area contributed by atoms with Crippen molar-refractivity contribution in [2.45, 2.75) is 135 Å². The minimum atomic E-state index is -0.905. The van der Waals surface area contributed by atoms with E-state index in [1.807, 2.05) is 52.0 Å². The third kappa shape index (κ3) is 8.67. The molecule has 399 valence electrons. The van der Waals surface area contributed by atoms with Crippen molar-refractivity contribution in [3.8, 4) is 11.5 Å². The Hall–Kier alpha value is -4.07. The summed E-state index contributed by atoms with van der Waals surface area (Å²) in [6.45, 7) is 19.2. The number of carbonyl (C=O) groups is 4. The molecular weight excluding hydrogens is 1210 g/mol. The van der Waals surface area contributed by atoms with E-state index < -0.39 is 11.8 Å². The van der Waals surface area contributed by atoms with Gasteiger partial charge in [-0.05, 0) is 131 Å². The Labute approximate surface area is 472 Å². The molecule has 8 aliphatic rings. The van der Waals surface area contributed by atoms with Crippen molar-refractivity contribution in [2.75, 3.05) is 47.1 Å². The summed E-state index contributed by atoms with van der Waals surface area (Å²) in [6.07, 6.45) is 6.25. The summed E-state index contributed by atoms with van der Waals surface area (Å²) < 4.78 is 22.9. The summed E-state index contributed by atoms with van der Waals surface area (Å²) in [7, 11) is 7.76. The van der Waals surface area contributed by atoms with E-state index in [-0.39, 0.29) is 51.1 Å². The van der Waals surface area contributed by atoms with Gasteiger partial charge < -0.3 is 34.5 Å². The number of ether oxygens (including phenoxy) is 4. The van der Waals surface area contributed by atoms with E-state index in [2.05, 4.69) is 121 Å². The summed E-state index contributed by atoms with van der Waals surface area (Å²) in [5.41, 5.74) is 17.3. The van der Waals surface area contributed by atoms with Gasteiger partial charge in [-0.15, -0.1) is 0 Å². The number of aryl methyl sites for hydroxylation is 2. The molecule has 12 nitrogen and oxygen atoms in total. The topological polar surface area (TPSA) is 151 Å². The van der Waals surface area contributed by atoms with Crippen LogP contribution >= 0.6 is 40.0 Å². The fourth-order valence-corrected chi connectivity index (χ4v) is 14.9. The molecule has 4 aliphatic carbocycles. The zero-order chi connectivity index (χ0) is 54.5. The number of benzene rings is 4. The molecule has 2 saturated heterocycles. The van der Waals surface area contributed by atoms with Crippen LogP contribution in [-0.2, 0) is 58.6 Å². The number of halogens is 2. The SMILES string of the molecule is CC.CC.COC(=O)C(=O)c1ccccc1N.COC(=O)c1c2c(nc3ccccc13)C1Oc3c(C)ccc4c3[C@@]13CCN(C)[C@H](C4)[C@]3(C)C2.Cc1ccc2c3c1O[C@H]1C(=O)CC[C@@]4(C)[C@@H](C2)N(C)CC[C@]314.[I][V][I]. The Balaban J connectivity index is 0.000000153. The van der Waals surface area contributed by atoms with E-state index >= 15 is 0 Å². The van der Waals surface area contributed by atoms with Gasteiger partial charge in [0.05, 0.1) is 47.4 Å². The van der Waals surface area contributed by atoms with Crippen LogP contribution in [0.5, 0.6) is 11.5 Å². The van der Waals surface area contributed by atoms with E-state index in [1.165, 1.54) is 46.6 Å². The number of hydrogen-bond donors (Lipinski definition) is 1. The van der Waals surface area contributed by atoms with Crippen LogP contribution in [0.1, 0.15) is 139 Å². The van der Waals surface area contributed by atoms with Gasteiger partial charge in [0.2, 0.25) is 0 Å². The molecule has 2 N–H and O–H groups in total. The van der Waals surface area contributed by atoms with Crippen molar-refractivity contribution in [3.05, 3.63) is 129 Å². The summed E-state index contributed by atoms with van der Waals surface area (Å²) in [5, 5.41) is 0.865. The molecule has 0 amide bonds. The molecule has 15 heteroatoms. The molecular formula is C60H72I2N4O8V. The molecule has 5 aromatic rings. The number of Topliss-reactive ketones (excluding diaryl/α,β-unsaturated/α-hetero) is 2. The summed E-state index contributed by atoms with van der Waals surface area (Å²) in [6, 6.07) is 24.2. The summed E-state index contributed by atoms with van der Waals surface area (Å²) in [5.74, 6) is 0.495. The predicted octanol–water partition coefficient (Wildman–Crippen LogP) is 11.6. The molecule has 75 heavy (non-hydrogen) atoms. The van der Waals surface area contributed by atoms with E-state index in [9.17, 15) is 19.2 Å². The van der Waals surface area contributed by atoms with E-state index in [1.54, 1.807) is 18.2 Å². The van der Waals surface area contributed by atoms with Gasteiger partial charge in [-0.3, -0.25) is 9.59 Å². The van der Waals surface area contributed by atoms with E-state index in [4.69, 9.17) is 24.9 Å². The summed E-state index contributed by atoms with van der Waals surface area (Å²) >= 11 is 4.74. The van der Waals surface area contributed by atoms with Crippen molar-refractivity contribution < 1.29 is 47.6 Å². The van der Waals surface area contributed by atoms with Crippen LogP contribution in [0.2, 0.25) is 0 Å². The first kappa shape index (κ1) is 57.1. The number of esters is 2. The Kier molecular flexibility index (Phi) is 17.0. The number of aromatic nitrogens is 1. The molecule has 1 saturated carbocycles. The Bertz CT molecular complexity index is 3060. The normalized spacial score (nSPS) is 27.9. The van der Waals surface area contributed by atoms with Crippen LogP contribution in [0.3, 0.4) is 0 Å². The molecule has 13 rings (SSSR count). The predicted molar refractivity (Wildman–Crippen MR) is 308 cm³/mol. The van der Waals surface area contributed by atoms with Gasteiger partial charge in [0, 0.05) is 46.1 Å². The zero-order valence-corrected chi connectivity index (χ0v) is 51.2. The third-order valence-corrected chi connectivity index (χ3v) is 18.2. The van der Waals surface area contributed by atoms with Crippen molar-refractivity contribution >= 4 is 80.1 Å². The Morgan fingerprint density at radius 3 is 1.81 bits per heavy atom. The number of nitrogens with two attached hydrogens (primary N) is 1. The number of likely N-dealkylation sites (tertiary alicyclic amines) is 2. The number of para-hydroxylation sites is 2. The molecule has 4 aliphatic heterocycles. The second-order valence-electron chi connectivity index (χ2n) is 21.1. The maximum atomic E-state index is 13.2. The Morgan fingerprint density at radius 1 is 0.733 bits per heavy atom. The van der Waals surface area contributed by atoms with Crippen LogP contribution in [0.4, 0.5) is 5.69 Å². The average molecular weight is 1280 g/mol. The molecule has 1 unspecified atom stereocenters. The number of rotatable bonds is 3. The second-order valence-corrected chi connectivity index (χ2v) is 32.9. The number of piperidine rings is 2. The number of nitrogen functional groups attached to an aromatic ring is 1. The number of methoxy groups -OCH3 is 2. The Morgan fingerprint density at radius 2 is 1.25 bits per heavy atom. The van der Waals surface area contributed by atoms with Gasteiger partial charge >= 0.3 is 61.4 Å². The van der Waals surface area contributed by atoms with Gasteiger partial charge in [-0.25, -0.2) is 14.6 Å². The molecule has 4 aromatic carbocycles. The molecule has 4 bridgehead atoms. The molecule has 1 aromatic heterocycles. The molecule has 2 spiro atoms. The van der Waals surface area contributed by atoms with Gasteiger partial charge in [-0.2, -0.15) is 0 Å². The van der Waals surface area contributed by atoms with Crippen molar-refractivity contribution in [3.63, 3.8) is 0 Å². The number of anilines is 1. The van der Waals surface area contributed by atoms with Gasteiger partial charge in [0.15, 0.2) is 18.0 Å². The van der Waals surface area contributed by atoms with Crippen molar-refractivity contribution in [2.24, 2.45) is 10.8 Å². The third-order valence-electron chi connectivity index (χ3n) is 18.2. The van der Waals surface area contributed by atoms with Crippen molar-refractivity contribution in [1.29, 1.82) is 0 Å². The van der Waals surface area contributed by atoms with Gasteiger partial charge in [0.1, 0.15) is 11.5 Å². The monoisotopic (exact) mass is 1280 g/mol. The van der Waals surface area contributed by atoms with Crippen LogP contribution in [0, 0.1) is 24.7 Å². The van der Waals surface area contributed by atoms with Crippen LogP contribution in [0.15, 0.2) is 72.8 Å². The van der Waals surface area contributed by atoms with Gasteiger partial charge in [0.25, 0.3) is 5.78 Å². The summed E-state index contributed by atoms with van der Waals surface area (Å²) in [4.78, 5) is 58.2. The number of fused-ring (bicyclic) bond motifs is 3. The zero-order valence-electron chi connectivity index (χ0n) is 45.5. The van der Waals surface area contributed by atoms with Crippen LogP contribution in [-0.4, -0.2) is 97.9 Å². The molecule has 5 heterocycles. The fraction of sp³-hybridized carbons (Fsp3) is 0.483. The fourth-order valence-electron chi connectivity index (χ4n) is 14.9. The standard InChI is InChI=1S/C28H28N2O3.C19H23NO2.C9H9NO3.2C2H6.2HI.V/c1-15-9-10-16-13-20-27(2)14-18-21(26(31)32-4)17-7-5-6-8-19(17)29-23(18)25-28(27,11-12-30(20)3)22(16)24(15)33-25;1-11-4-5-12-10-14-18(2)7-6-13(21)17-19(18,8-9-20(14)3)15(12)16(11)22-17;1-13-9(12)8(11)6-4-2-3-5-7(6)10;2*1-2;;;/h5-10,20,25H,11-14H2,1-4H3;4-5,14,17H,6-10H2,1-3H3;2-5H,10H2,1H3;2*1-2H3;2*1H;/q;;;;;;;+2/p-2/t20-,25?,27+,28+;14-,17+,18+,19+;;;;;;/m11....../s1. The van der Waals surface area contributed by atoms with Crippen LogP contribution in [0.25, 0.3) is 10.9 Å². The minimum absolute atomic E-state index is 0.0728. The second kappa shape index (κ2) is 22.4. The number of likely N-dealkylation sites (N-methyl/N-ethyl adjacent to an activating group) is 2. The number of nitrogens with zero attached hydrogens (tertiary/aromatic N) is 3. The maximum absolute atomic E-state index is 13.2. The number of carbonyl (C=O) groups excluding carboxylic acids is 4.